The van der Waals surface area contributed by atoms with Crippen molar-refractivity contribution in [2.24, 2.45) is 0 Å². The van der Waals surface area contributed by atoms with Crippen LogP contribution in [0.1, 0.15) is 34.6 Å². The number of fused-ring (bicyclic) bond motifs is 1. The van der Waals surface area contributed by atoms with Gasteiger partial charge in [-0.1, -0.05) is 66.2 Å². The number of hydrogen-bond donors (Lipinski definition) is 2. The normalized spacial score (nSPS) is 23.9. The third-order valence-electron chi connectivity index (χ3n) is 6.64. The first-order chi connectivity index (χ1) is 17.8. The highest BCUT2D eigenvalue weighted by molar-refractivity contribution is 6.33. The van der Waals surface area contributed by atoms with Gasteiger partial charge in [0.25, 0.3) is 11.8 Å². The Labute approximate surface area is 221 Å². The summed E-state index contributed by atoms with van der Waals surface area (Å²) in [5.74, 6) is -1.37. The largest absolute Gasteiger partial charge is 0.370 e. The van der Waals surface area contributed by atoms with Crippen molar-refractivity contribution in [3.05, 3.63) is 95.0 Å². The molecule has 2 fully saturated rings. The maximum absolute atomic E-state index is 13.0. The number of benzene rings is 3. The molecule has 2 saturated heterocycles. The lowest BCUT2D eigenvalue weighted by Gasteiger charge is -2.27. The molecule has 3 aromatic rings. The van der Waals surface area contributed by atoms with Crippen LogP contribution in [-0.4, -0.2) is 55.1 Å². The quantitative estimate of drug-likeness (QED) is 0.480. The number of rotatable bonds is 7. The number of amides is 2. The zero-order chi connectivity index (χ0) is 26.0. The molecule has 0 aliphatic carbocycles. The third kappa shape index (κ3) is 5.40. The highest BCUT2D eigenvalue weighted by Crippen LogP contribution is 2.43. The number of ether oxygens (including phenoxy) is 3. The summed E-state index contributed by atoms with van der Waals surface area (Å²) in [7, 11) is 0. The van der Waals surface area contributed by atoms with Gasteiger partial charge >= 0.3 is 0 Å². The maximum atomic E-state index is 13.0. The Morgan fingerprint density at radius 1 is 0.892 bits per heavy atom. The van der Waals surface area contributed by atoms with E-state index in [2.05, 4.69) is 10.6 Å². The van der Waals surface area contributed by atoms with E-state index in [1.807, 2.05) is 56.3 Å². The fourth-order valence-corrected chi connectivity index (χ4v) is 5.13. The van der Waals surface area contributed by atoms with Crippen molar-refractivity contribution in [1.29, 1.82) is 0 Å². The fraction of sp³-hybridized carbons (Fsp3) is 0.310. The van der Waals surface area contributed by atoms with E-state index in [0.717, 1.165) is 11.1 Å². The molecular weight excluding hydrogens is 492 g/mol. The van der Waals surface area contributed by atoms with Crippen molar-refractivity contribution in [2.75, 3.05) is 19.7 Å². The smallest absolute Gasteiger partial charge is 0.252 e. The highest BCUT2D eigenvalue weighted by Gasteiger charge is 2.61. The summed E-state index contributed by atoms with van der Waals surface area (Å²) in [6.07, 6.45) is -0.926. The van der Waals surface area contributed by atoms with E-state index in [1.54, 1.807) is 36.4 Å². The molecule has 0 spiro atoms. The Morgan fingerprint density at radius 2 is 1.57 bits per heavy atom. The van der Waals surface area contributed by atoms with Crippen LogP contribution in [0.25, 0.3) is 11.1 Å². The molecule has 192 valence electrons. The van der Waals surface area contributed by atoms with Crippen LogP contribution in [0.15, 0.2) is 78.9 Å². The lowest BCUT2D eigenvalue weighted by molar-refractivity contribution is -0.188. The summed E-state index contributed by atoms with van der Waals surface area (Å²) >= 11 is 6.15. The number of hydrogen-bond acceptors (Lipinski definition) is 5. The summed E-state index contributed by atoms with van der Waals surface area (Å²) in [5, 5.41) is 6.24. The molecule has 2 heterocycles. The standard InChI is InChI=1S/C29H29ClN2O5/c1-28(2)36-25-24(16-31-27(34)22-10-6-7-11-23(22)30)35-18-29(25,37-28)17-32-26(33)21-14-12-20(13-15-21)19-8-4-3-5-9-19/h3-15,24-25H,16-18H2,1-2H3,(H,31,34)(H,32,33)/t24-,25-,29+/m1/s1. The minimum atomic E-state index is -0.872. The van der Waals surface area contributed by atoms with Gasteiger partial charge < -0.3 is 24.8 Å². The van der Waals surface area contributed by atoms with Crippen LogP contribution in [0.2, 0.25) is 5.02 Å². The second kappa shape index (κ2) is 10.3. The molecule has 0 bridgehead atoms. The molecule has 2 aliphatic rings. The monoisotopic (exact) mass is 520 g/mol. The summed E-state index contributed by atoms with van der Waals surface area (Å²) in [5.41, 5.74) is 2.20. The van der Waals surface area contributed by atoms with Gasteiger partial charge in [-0.15, -0.1) is 0 Å². The Bertz CT molecular complexity index is 1280. The van der Waals surface area contributed by atoms with Gasteiger partial charge in [0.05, 0.1) is 23.7 Å². The molecule has 0 aromatic heterocycles. The first-order valence-corrected chi connectivity index (χ1v) is 12.6. The van der Waals surface area contributed by atoms with Crippen LogP contribution in [0, 0.1) is 0 Å². The molecule has 2 N–H and O–H groups in total. The topological polar surface area (TPSA) is 85.9 Å². The molecule has 2 amide bonds. The fourth-order valence-electron chi connectivity index (χ4n) is 4.91. The SMILES string of the molecule is CC1(C)O[C@@H]2[C@@H](CNC(=O)c3ccccc3Cl)OC[C@]2(CNC(=O)c2ccc(-c3ccccc3)cc2)O1. The Hall–Kier alpha value is -3.23. The molecule has 0 saturated carbocycles. The van der Waals surface area contributed by atoms with Crippen molar-refractivity contribution in [3.8, 4) is 11.1 Å². The van der Waals surface area contributed by atoms with Crippen molar-refractivity contribution in [3.63, 3.8) is 0 Å². The number of nitrogens with one attached hydrogen (secondary N) is 2. The van der Waals surface area contributed by atoms with Crippen molar-refractivity contribution < 1.29 is 23.8 Å². The van der Waals surface area contributed by atoms with Gasteiger partial charge in [0.1, 0.15) is 17.8 Å². The van der Waals surface area contributed by atoms with Crippen LogP contribution in [0.5, 0.6) is 0 Å². The molecular formula is C29H29ClN2O5. The number of halogens is 1. The summed E-state index contributed by atoms with van der Waals surface area (Å²) in [4.78, 5) is 25.6. The van der Waals surface area contributed by atoms with Gasteiger partial charge in [-0.05, 0) is 49.2 Å². The Balaban J connectivity index is 1.23. The summed E-state index contributed by atoms with van der Waals surface area (Å²) in [6, 6.07) is 24.3. The summed E-state index contributed by atoms with van der Waals surface area (Å²) < 4.78 is 18.4. The maximum Gasteiger partial charge on any atom is 0.252 e. The van der Waals surface area contributed by atoms with Crippen molar-refractivity contribution in [1.82, 2.24) is 10.6 Å². The van der Waals surface area contributed by atoms with Gasteiger partial charge in [-0.3, -0.25) is 9.59 Å². The zero-order valence-electron chi connectivity index (χ0n) is 20.7. The minimum absolute atomic E-state index is 0.204. The molecule has 7 nitrogen and oxygen atoms in total. The van der Waals surface area contributed by atoms with Gasteiger partial charge in [-0.2, -0.15) is 0 Å². The minimum Gasteiger partial charge on any atom is -0.370 e. The van der Waals surface area contributed by atoms with Crippen LogP contribution in [0.4, 0.5) is 0 Å². The highest BCUT2D eigenvalue weighted by atomic mass is 35.5. The molecule has 3 atom stereocenters. The number of carbonyl (C=O) groups is 2. The number of carbonyl (C=O) groups excluding carboxylic acids is 2. The van der Waals surface area contributed by atoms with E-state index >= 15 is 0 Å². The van der Waals surface area contributed by atoms with Crippen LogP contribution >= 0.6 is 11.6 Å². The third-order valence-corrected chi connectivity index (χ3v) is 6.97. The molecule has 0 radical (unpaired) electrons. The van der Waals surface area contributed by atoms with Gasteiger partial charge in [0, 0.05) is 12.1 Å². The van der Waals surface area contributed by atoms with E-state index in [9.17, 15) is 9.59 Å². The second-order valence-electron chi connectivity index (χ2n) is 9.77. The predicted octanol–water partition coefficient (Wildman–Crippen LogP) is 4.46. The molecule has 5 rings (SSSR count). The second-order valence-corrected chi connectivity index (χ2v) is 10.2. The molecule has 2 aliphatic heterocycles. The van der Waals surface area contributed by atoms with Crippen molar-refractivity contribution in [2.45, 2.75) is 37.4 Å². The predicted molar refractivity (Wildman–Crippen MR) is 141 cm³/mol. The Morgan fingerprint density at radius 3 is 2.30 bits per heavy atom. The summed E-state index contributed by atoms with van der Waals surface area (Å²) in [6.45, 7) is 4.30. The van der Waals surface area contributed by atoms with E-state index in [1.165, 1.54) is 0 Å². The van der Waals surface area contributed by atoms with E-state index in [0.29, 0.717) is 16.1 Å². The van der Waals surface area contributed by atoms with Gasteiger partial charge in [0.2, 0.25) is 0 Å². The zero-order valence-corrected chi connectivity index (χ0v) is 21.5. The van der Waals surface area contributed by atoms with Crippen LogP contribution < -0.4 is 10.6 Å². The van der Waals surface area contributed by atoms with Crippen LogP contribution in [-0.2, 0) is 14.2 Å². The molecule has 0 unspecified atom stereocenters. The molecule has 3 aromatic carbocycles. The van der Waals surface area contributed by atoms with Gasteiger partial charge in [0.15, 0.2) is 5.79 Å². The van der Waals surface area contributed by atoms with Crippen molar-refractivity contribution >= 4 is 23.4 Å². The van der Waals surface area contributed by atoms with Gasteiger partial charge in [-0.25, -0.2) is 0 Å². The van der Waals surface area contributed by atoms with E-state index in [4.69, 9.17) is 25.8 Å². The molecule has 8 heteroatoms. The first kappa shape index (κ1) is 25.4. The molecule has 37 heavy (non-hydrogen) atoms. The Kier molecular flexibility index (Phi) is 7.05. The van der Waals surface area contributed by atoms with E-state index < -0.39 is 23.6 Å². The lowest BCUT2D eigenvalue weighted by atomic mass is 9.96. The lowest BCUT2D eigenvalue weighted by Crippen LogP contribution is -2.52. The van der Waals surface area contributed by atoms with E-state index in [-0.39, 0.29) is 31.5 Å². The van der Waals surface area contributed by atoms with Crippen LogP contribution in [0.3, 0.4) is 0 Å². The average molecular weight is 521 g/mol. The first-order valence-electron chi connectivity index (χ1n) is 12.2. The average Bonchev–Trinajstić information content (AvgIpc) is 3.36.